The van der Waals surface area contributed by atoms with Crippen molar-refractivity contribution in [1.29, 1.82) is 0 Å². The van der Waals surface area contributed by atoms with Crippen LogP contribution in [-0.4, -0.2) is 35.5 Å². The number of imidazole rings is 1. The summed E-state index contributed by atoms with van der Waals surface area (Å²) in [5.41, 5.74) is 2.72. The second-order valence-electron chi connectivity index (χ2n) is 5.60. The van der Waals surface area contributed by atoms with Crippen LogP contribution < -0.4 is 4.74 Å². The molecule has 3 aromatic heterocycles. The predicted octanol–water partition coefficient (Wildman–Crippen LogP) is 2.80. The van der Waals surface area contributed by atoms with Gasteiger partial charge in [0.05, 0.1) is 17.1 Å². The third-order valence-corrected chi connectivity index (χ3v) is 3.62. The second-order valence-corrected chi connectivity index (χ2v) is 5.60. The first-order chi connectivity index (χ1) is 11.1. The van der Waals surface area contributed by atoms with E-state index in [1.165, 1.54) is 16.7 Å². The Labute approximate surface area is 131 Å². The Morgan fingerprint density at radius 3 is 2.48 bits per heavy atom. The average molecular weight is 312 g/mol. The van der Waals surface area contributed by atoms with Gasteiger partial charge in [-0.1, -0.05) is 12.1 Å². The van der Waals surface area contributed by atoms with Crippen LogP contribution >= 0.6 is 0 Å². The van der Waals surface area contributed by atoms with Gasteiger partial charge in [0.25, 0.3) is 0 Å². The smallest absolute Gasteiger partial charge is 0.235 e. The first kappa shape index (κ1) is 13.6. The summed E-state index contributed by atoms with van der Waals surface area (Å²) in [7, 11) is 0. The Hall–Kier alpha value is -3.09. The monoisotopic (exact) mass is 312 g/mol. The minimum atomic E-state index is -0.0929. The molecule has 0 aliphatic rings. The maximum atomic E-state index is 10.1. The highest BCUT2D eigenvalue weighted by molar-refractivity contribution is 5.84. The number of hydrogen-bond acceptors (Lipinski definition) is 4. The van der Waals surface area contributed by atoms with Crippen LogP contribution in [-0.2, 0) is 0 Å². The fourth-order valence-electron chi connectivity index (χ4n) is 2.72. The number of nitrogens with one attached hydrogen (secondary N) is 1. The van der Waals surface area contributed by atoms with Gasteiger partial charge in [0, 0.05) is 12.1 Å². The third-order valence-electron chi connectivity index (χ3n) is 3.62. The van der Waals surface area contributed by atoms with Gasteiger partial charge < -0.3 is 14.9 Å². The van der Waals surface area contributed by atoms with Gasteiger partial charge >= 0.3 is 0 Å². The van der Waals surface area contributed by atoms with Crippen LogP contribution in [0, 0.1) is 0 Å². The number of hydrogen-bond donors (Lipinski definition) is 3. The molecule has 0 aliphatic carbocycles. The Balaban J connectivity index is 2.09. The lowest BCUT2D eigenvalue weighted by Crippen LogP contribution is -2.08. The van der Waals surface area contributed by atoms with E-state index in [4.69, 9.17) is 4.74 Å². The van der Waals surface area contributed by atoms with Crippen molar-refractivity contribution in [1.82, 2.24) is 19.2 Å². The SMILES string of the molecule is CC(C)Oc1[nH]n2c(nc3ccccc32)c1-n1c(O)ccc1O. The maximum absolute atomic E-state index is 10.1. The number of ether oxygens (including phenoxy) is 1. The Morgan fingerprint density at radius 2 is 1.78 bits per heavy atom. The van der Waals surface area contributed by atoms with E-state index < -0.39 is 0 Å². The van der Waals surface area contributed by atoms with Gasteiger partial charge in [-0.25, -0.2) is 14.1 Å². The molecule has 0 atom stereocenters. The van der Waals surface area contributed by atoms with Crippen molar-refractivity contribution in [2.24, 2.45) is 0 Å². The third kappa shape index (κ3) is 1.93. The van der Waals surface area contributed by atoms with E-state index >= 15 is 0 Å². The molecular weight excluding hydrogens is 296 g/mol. The topological polar surface area (TPSA) is 87.7 Å². The number of para-hydroxylation sites is 2. The highest BCUT2D eigenvalue weighted by Crippen LogP contribution is 2.36. The molecule has 0 radical (unpaired) electrons. The highest BCUT2D eigenvalue weighted by Gasteiger charge is 2.23. The number of aromatic amines is 1. The van der Waals surface area contributed by atoms with Gasteiger partial charge in [-0.3, -0.25) is 5.10 Å². The van der Waals surface area contributed by atoms with Crippen molar-refractivity contribution in [2.75, 3.05) is 0 Å². The molecule has 118 valence electrons. The minimum Gasteiger partial charge on any atom is -0.494 e. The number of rotatable bonds is 3. The van der Waals surface area contributed by atoms with Crippen molar-refractivity contribution in [3.63, 3.8) is 0 Å². The van der Waals surface area contributed by atoms with E-state index in [-0.39, 0.29) is 17.9 Å². The number of fused-ring (bicyclic) bond motifs is 3. The van der Waals surface area contributed by atoms with Crippen LogP contribution in [0.2, 0.25) is 0 Å². The summed E-state index contributed by atoms with van der Waals surface area (Å²) in [6.07, 6.45) is -0.0804. The molecule has 7 heteroatoms. The molecule has 23 heavy (non-hydrogen) atoms. The number of nitrogens with zero attached hydrogens (tertiary/aromatic N) is 3. The zero-order chi connectivity index (χ0) is 16.1. The van der Waals surface area contributed by atoms with Gasteiger partial charge in [0.2, 0.25) is 5.88 Å². The van der Waals surface area contributed by atoms with E-state index in [1.807, 2.05) is 38.1 Å². The summed E-state index contributed by atoms with van der Waals surface area (Å²) < 4.78 is 8.89. The number of aromatic nitrogens is 4. The first-order valence-corrected chi connectivity index (χ1v) is 7.32. The quantitative estimate of drug-likeness (QED) is 0.543. The molecule has 0 unspecified atom stereocenters. The summed E-state index contributed by atoms with van der Waals surface area (Å²) >= 11 is 0. The Kier molecular flexibility index (Phi) is 2.77. The molecule has 7 nitrogen and oxygen atoms in total. The number of H-pyrrole nitrogens is 1. The van der Waals surface area contributed by atoms with E-state index in [1.54, 1.807) is 4.52 Å². The van der Waals surface area contributed by atoms with Gasteiger partial charge in [-0.2, -0.15) is 0 Å². The summed E-state index contributed by atoms with van der Waals surface area (Å²) in [4.78, 5) is 4.59. The molecular formula is C16H16N4O3. The second kappa shape index (κ2) is 4.70. The van der Waals surface area contributed by atoms with Gasteiger partial charge in [-0.05, 0) is 26.0 Å². The molecule has 3 N–H and O–H groups in total. The van der Waals surface area contributed by atoms with E-state index in [0.717, 1.165) is 11.0 Å². The van der Waals surface area contributed by atoms with Crippen molar-refractivity contribution in [3.05, 3.63) is 36.4 Å². The molecule has 3 heterocycles. The summed E-state index contributed by atoms with van der Waals surface area (Å²) in [6.45, 7) is 3.81. The molecule has 4 aromatic rings. The molecule has 0 amide bonds. The molecule has 0 fully saturated rings. The van der Waals surface area contributed by atoms with E-state index in [2.05, 4.69) is 10.1 Å². The predicted molar refractivity (Wildman–Crippen MR) is 85.5 cm³/mol. The van der Waals surface area contributed by atoms with Crippen LogP contribution in [0.25, 0.3) is 22.4 Å². The Morgan fingerprint density at radius 1 is 1.09 bits per heavy atom. The minimum absolute atomic E-state index is 0.0804. The molecule has 1 aromatic carbocycles. The molecule has 0 saturated carbocycles. The fraction of sp³-hybridized carbons (Fsp3) is 0.188. The van der Waals surface area contributed by atoms with Gasteiger partial charge in [0.15, 0.2) is 23.1 Å². The normalized spacial score (nSPS) is 11.8. The lowest BCUT2D eigenvalue weighted by molar-refractivity contribution is 0.230. The molecule has 4 rings (SSSR count). The summed E-state index contributed by atoms with van der Waals surface area (Å²) in [6, 6.07) is 10.5. The molecule has 0 spiro atoms. The van der Waals surface area contributed by atoms with Crippen molar-refractivity contribution < 1.29 is 14.9 Å². The van der Waals surface area contributed by atoms with Crippen LogP contribution in [0.4, 0.5) is 0 Å². The van der Waals surface area contributed by atoms with E-state index in [9.17, 15) is 10.2 Å². The fourth-order valence-corrected chi connectivity index (χ4v) is 2.72. The van der Waals surface area contributed by atoms with Crippen molar-refractivity contribution in [3.8, 4) is 23.3 Å². The van der Waals surface area contributed by atoms with E-state index in [0.29, 0.717) is 17.2 Å². The summed E-state index contributed by atoms with van der Waals surface area (Å²) in [5.74, 6) is 0.240. The number of benzene rings is 1. The Bertz CT molecular complexity index is 990. The molecule has 0 saturated heterocycles. The molecule has 0 aliphatic heterocycles. The largest absolute Gasteiger partial charge is 0.494 e. The van der Waals surface area contributed by atoms with Crippen LogP contribution in [0.5, 0.6) is 17.6 Å². The first-order valence-electron chi connectivity index (χ1n) is 7.32. The van der Waals surface area contributed by atoms with Crippen molar-refractivity contribution in [2.45, 2.75) is 20.0 Å². The maximum Gasteiger partial charge on any atom is 0.235 e. The van der Waals surface area contributed by atoms with Crippen LogP contribution in [0.1, 0.15) is 13.8 Å². The van der Waals surface area contributed by atoms with Crippen molar-refractivity contribution >= 4 is 16.7 Å². The van der Waals surface area contributed by atoms with Crippen LogP contribution in [0.15, 0.2) is 36.4 Å². The zero-order valence-electron chi connectivity index (χ0n) is 12.7. The lowest BCUT2D eigenvalue weighted by atomic mass is 10.3. The standard InChI is InChI=1S/C16H16N4O3/c1-9(2)23-16-14(19-12(21)7-8-13(19)22)15-17-10-5-3-4-6-11(10)20(15)18-16/h3-9,18,21-22H,1-2H3. The molecule has 0 bridgehead atoms. The lowest BCUT2D eigenvalue weighted by Gasteiger charge is -2.11. The van der Waals surface area contributed by atoms with Gasteiger partial charge in [-0.15, -0.1) is 0 Å². The zero-order valence-corrected chi connectivity index (χ0v) is 12.7. The average Bonchev–Trinajstić information content (AvgIpc) is 3.12. The van der Waals surface area contributed by atoms with Crippen LogP contribution in [0.3, 0.4) is 0 Å². The van der Waals surface area contributed by atoms with Gasteiger partial charge in [0.1, 0.15) is 0 Å². The summed E-state index contributed by atoms with van der Waals surface area (Å²) in [5, 5.41) is 23.3. The number of aromatic hydroxyl groups is 2. The highest BCUT2D eigenvalue weighted by atomic mass is 16.5.